The van der Waals surface area contributed by atoms with Crippen LogP contribution in [0.1, 0.15) is 24.2 Å². The smallest absolute Gasteiger partial charge is 0.135 e. The van der Waals surface area contributed by atoms with Crippen molar-refractivity contribution < 1.29 is 4.42 Å². The normalized spacial score (nSPS) is 14.6. The van der Waals surface area contributed by atoms with Crippen molar-refractivity contribution in [1.29, 1.82) is 0 Å². The predicted molar refractivity (Wildman–Crippen MR) is 91.3 cm³/mol. The molecule has 4 rings (SSSR count). The SMILES string of the molecule is Cc1ccc2oc(CNC3CC3)c(-c3ccc(Cl)cc3)c2c1. The van der Waals surface area contributed by atoms with Crippen LogP contribution in [0.15, 0.2) is 46.9 Å². The average molecular weight is 312 g/mol. The minimum Gasteiger partial charge on any atom is -0.459 e. The first-order valence-electron chi connectivity index (χ1n) is 7.72. The van der Waals surface area contributed by atoms with E-state index in [1.807, 2.05) is 12.1 Å². The lowest BCUT2D eigenvalue weighted by Crippen LogP contribution is -2.15. The van der Waals surface area contributed by atoms with Crippen molar-refractivity contribution >= 4 is 22.6 Å². The first-order chi connectivity index (χ1) is 10.7. The van der Waals surface area contributed by atoms with Gasteiger partial charge in [0, 0.05) is 22.0 Å². The third-order valence-electron chi connectivity index (χ3n) is 4.18. The van der Waals surface area contributed by atoms with E-state index in [1.54, 1.807) is 0 Å². The van der Waals surface area contributed by atoms with Crippen LogP contribution in [0.25, 0.3) is 22.1 Å². The molecule has 3 heteroatoms. The van der Waals surface area contributed by atoms with Gasteiger partial charge in [-0.2, -0.15) is 0 Å². The highest BCUT2D eigenvalue weighted by Gasteiger charge is 2.23. The highest BCUT2D eigenvalue weighted by atomic mass is 35.5. The number of rotatable bonds is 4. The summed E-state index contributed by atoms with van der Waals surface area (Å²) in [5, 5.41) is 5.48. The fraction of sp³-hybridized carbons (Fsp3) is 0.263. The molecule has 2 aromatic carbocycles. The molecule has 22 heavy (non-hydrogen) atoms. The van der Waals surface area contributed by atoms with Crippen LogP contribution >= 0.6 is 11.6 Å². The Morgan fingerprint density at radius 3 is 2.64 bits per heavy atom. The summed E-state index contributed by atoms with van der Waals surface area (Å²) in [5.74, 6) is 1.01. The summed E-state index contributed by atoms with van der Waals surface area (Å²) in [5.41, 5.74) is 4.53. The minimum absolute atomic E-state index is 0.660. The molecule has 1 aromatic heterocycles. The number of nitrogens with one attached hydrogen (secondary N) is 1. The van der Waals surface area contributed by atoms with Gasteiger partial charge in [-0.05, 0) is 49.6 Å². The van der Waals surface area contributed by atoms with Gasteiger partial charge in [0.05, 0.1) is 6.54 Å². The molecule has 3 aromatic rings. The Labute approximate surface area is 135 Å². The zero-order valence-corrected chi connectivity index (χ0v) is 13.3. The molecule has 1 heterocycles. The van der Waals surface area contributed by atoms with E-state index >= 15 is 0 Å². The van der Waals surface area contributed by atoms with Crippen LogP contribution in [0, 0.1) is 6.92 Å². The number of furan rings is 1. The van der Waals surface area contributed by atoms with Crippen molar-refractivity contribution in [1.82, 2.24) is 5.32 Å². The maximum Gasteiger partial charge on any atom is 0.135 e. The van der Waals surface area contributed by atoms with Crippen molar-refractivity contribution in [3.63, 3.8) is 0 Å². The average Bonchev–Trinajstić information content (AvgIpc) is 3.27. The number of benzene rings is 2. The molecule has 0 bridgehead atoms. The topological polar surface area (TPSA) is 25.2 Å². The van der Waals surface area contributed by atoms with Crippen molar-refractivity contribution in [3.8, 4) is 11.1 Å². The quantitative estimate of drug-likeness (QED) is 0.706. The fourth-order valence-electron chi connectivity index (χ4n) is 2.84. The van der Waals surface area contributed by atoms with Crippen LogP contribution in [0.3, 0.4) is 0 Å². The molecule has 0 atom stereocenters. The van der Waals surface area contributed by atoms with E-state index in [1.165, 1.54) is 29.4 Å². The highest BCUT2D eigenvalue weighted by Crippen LogP contribution is 2.36. The molecule has 1 aliphatic carbocycles. The van der Waals surface area contributed by atoms with Crippen LogP contribution in [-0.4, -0.2) is 6.04 Å². The summed E-state index contributed by atoms with van der Waals surface area (Å²) in [6, 6.07) is 15.0. The molecule has 0 saturated heterocycles. The fourth-order valence-corrected chi connectivity index (χ4v) is 2.97. The Morgan fingerprint density at radius 2 is 1.91 bits per heavy atom. The third kappa shape index (κ3) is 2.65. The van der Waals surface area contributed by atoms with Crippen LogP contribution in [0.5, 0.6) is 0 Å². The second kappa shape index (κ2) is 5.45. The predicted octanol–water partition coefficient (Wildman–Crippen LogP) is 5.31. The monoisotopic (exact) mass is 311 g/mol. The standard InChI is InChI=1S/C19H18ClNO/c1-12-2-9-17-16(10-12)19(13-3-5-14(20)6-4-13)18(22-17)11-21-15-7-8-15/h2-6,9-10,15,21H,7-8,11H2,1H3. The van der Waals surface area contributed by atoms with Crippen molar-refractivity contribution in [2.24, 2.45) is 0 Å². The van der Waals surface area contributed by atoms with Crippen molar-refractivity contribution in [2.75, 3.05) is 0 Å². The third-order valence-corrected chi connectivity index (χ3v) is 4.43. The molecule has 0 unspecified atom stereocenters. The van der Waals surface area contributed by atoms with Crippen LogP contribution < -0.4 is 5.32 Å². The van der Waals surface area contributed by atoms with Gasteiger partial charge in [0.15, 0.2) is 0 Å². The maximum absolute atomic E-state index is 6.12. The highest BCUT2D eigenvalue weighted by molar-refractivity contribution is 6.30. The molecule has 0 amide bonds. The molecule has 1 saturated carbocycles. The zero-order valence-electron chi connectivity index (χ0n) is 12.5. The molecule has 112 valence electrons. The van der Waals surface area contributed by atoms with E-state index in [4.69, 9.17) is 16.0 Å². The van der Waals surface area contributed by atoms with E-state index < -0.39 is 0 Å². The first-order valence-corrected chi connectivity index (χ1v) is 8.10. The molecule has 0 radical (unpaired) electrons. The summed E-state index contributed by atoms with van der Waals surface area (Å²) in [7, 11) is 0. The summed E-state index contributed by atoms with van der Waals surface area (Å²) in [4.78, 5) is 0. The molecule has 1 N–H and O–H groups in total. The number of hydrogen-bond donors (Lipinski definition) is 1. The van der Waals surface area contributed by atoms with Gasteiger partial charge >= 0.3 is 0 Å². The van der Waals surface area contributed by atoms with E-state index in [9.17, 15) is 0 Å². The van der Waals surface area contributed by atoms with Gasteiger partial charge in [-0.15, -0.1) is 0 Å². The Morgan fingerprint density at radius 1 is 1.14 bits per heavy atom. The lowest BCUT2D eigenvalue weighted by Gasteiger charge is -2.05. The molecule has 1 fully saturated rings. The molecular weight excluding hydrogens is 294 g/mol. The summed E-state index contributed by atoms with van der Waals surface area (Å²) in [6.07, 6.45) is 2.55. The molecule has 1 aliphatic rings. The molecular formula is C19H18ClNO. The Hall–Kier alpha value is -1.77. The van der Waals surface area contributed by atoms with E-state index in [-0.39, 0.29) is 0 Å². The Balaban J connectivity index is 1.85. The summed E-state index contributed by atoms with van der Waals surface area (Å²) >= 11 is 6.03. The second-order valence-electron chi connectivity index (χ2n) is 6.06. The second-order valence-corrected chi connectivity index (χ2v) is 6.50. The van der Waals surface area contributed by atoms with Gasteiger partial charge in [0.25, 0.3) is 0 Å². The Kier molecular flexibility index (Phi) is 3.44. The van der Waals surface area contributed by atoms with Gasteiger partial charge in [-0.25, -0.2) is 0 Å². The van der Waals surface area contributed by atoms with E-state index in [2.05, 4.69) is 42.6 Å². The number of aryl methyl sites for hydroxylation is 1. The van der Waals surface area contributed by atoms with Crippen LogP contribution in [0.4, 0.5) is 0 Å². The number of halogens is 1. The van der Waals surface area contributed by atoms with Gasteiger partial charge < -0.3 is 9.73 Å². The molecule has 2 nitrogen and oxygen atoms in total. The van der Waals surface area contributed by atoms with Crippen LogP contribution in [0.2, 0.25) is 5.02 Å². The van der Waals surface area contributed by atoms with Gasteiger partial charge in [0.2, 0.25) is 0 Å². The van der Waals surface area contributed by atoms with Gasteiger partial charge in [0.1, 0.15) is 11.3 Å². The Bertz CT molecular complexity index is 815. The number of fused-ring (bicyclic) bond motifs is 1. The lowest BCUT2D eigenvalue weighted by molar-refractivity contribution is 0.514. The van der Waals surface area contributed by atoms with Crippen LogP contribution in [-0.2, 0) is 6.54 Å². The lowest BCUT2D eigenvalue weighted by atomic mass is 10.0. The minimum atomic E-state index is 0.660. The first kappa shape index (κ1) is 13.9. The van der Waals surface area contributed by atoms with E-state index in [0.717, 1.165) is 28.5 Å². The largest absolute Gasteiger partial charge is 0.459 e. The summed E-state index contributed by atoms with van der Waals surface area (Å²) in [6.45, 7) is 2.89. The maximum atomic E-state index is 6.12. The molecule has 0 spiro atoms. The van der Waals surface area contributed by atoms with E-state index in [0.29, 0.717) is 6.04 Å². The van der Waals surface area contributed by atoms with Crippen molar-refractivity contribution in [3.05, 3.63) is 58.8 Å². The van der Waals surface area contributed by atoms with Gasteiger partial charge in [-0.3, -0.25) is 0 Å². The van der Waals surface area contributed by atoms with Gasteiger partial charge in [-0.1, -0.05) is 35.4 Å². The number of hydrogen-bond acceptors (Lipinski definition) is 2. The summed E-state index contributed by atoms with van der Waals surface area (Å²) < 4.78 is 6.12. The zero-order chi connectivity index (χ0) is 15.1. The molecule has 0 aliphatic heterocycles. The van der Waals surface area contributed by atoms with Crippen molar-refractivity contribution in [2.45, 2.75) is 32.4 Å².